The summed E-state index contributed by atoms with van der Waals surface area (Å²) in [7, 11) is 0. The van der Waals surface area contributed by atoms with Crippen LogP contribution in [-0.4, -0.2) is 17.7 Å². The molecular weight excluding hydrogens is 228 g/mol. The third-order valence-electron chi connectivity index (χ3n) is 3.42. The largest absolute Gasteiger partial charge is 0.493 e. The number of carboxylic acid groups (broad SMARTS) is 1. The van der Waals surface area contributed by atoms with E-state index in [1.807, 2.05) is 13.0 Å². The van der Waals surface area contributed by atoms with E-state index >= 15 is 0 Å². The molecule has 0 amide bonds. The molecule has 2 rings (SSSR count). The van der Waals surface area contributed by atoms with E-state index in [0.29, 0.717) is 0 Å². The first-order chi connectivity index (χ1) is 8.65. The molecule has 0 saturated heterocycles. The minimum atomic E-state index is -0.707. The number of carbonyl (C=O) groups is 1. The molecule has 3 nitrogen and oxygen atoms in total. The molecule has 1 unspecified atom stereocenters. The Morgan fingerprint density at radius 3 is 3.11 bits per heavy atom. The van der Waals surface area contributed by atoms with Crippen LogP contribution in [0.25, 0.3) is 0 Å². The van der Waals surface area contributed by atoms with E-state index in [4.69, 9.17) is 9.84 Å². The number of aryl methyl sites for hydroxylation is 2. The first kappa shape index (κ1) is 12.9. The number of carboxylic acids is 1. The highest BCUT2D eigenvalue weighted by molar-refractivity contribution is 5.66. The molecule has 1 aromatic rings. The van der Waals surface area contributed by atoms with Crippen molar-refractivity contribution in [1.29, 1.82) is 0 Å². The lowest BCUT2D eigenvalue weighted by molar-refractivity contribution is -0.138. The van der Waals surface area contributed by atoms with Crippen LogP contribution in [0, 0.1) is 5.92 Å². The highest BCUT2D eigenvalue weighted by Crippen LogP contribution is 2.26. The minimum Gasteiger partial charge on any atom is -0.493 e. The van der Waals surface area contributed by atoms with Gasteiger partial charge in [0.25, 0.3) is 0 Å². The number of rotatable bonds is 5. The van der Waals surface area contributed by atoms with Crippen molar-refractivity contribution >= 4 is 5.97 Å². The van der Waals surface area contributed by atoms with Crippen LogP contribution in [0.2, 0.25) is 0 Å². The van der Waals surface area contributed by atoms with Gasteiger partial charge in [-0.1, -0.05) is 19.1 Å². The fourth-order valence-electron chi connectivity index (χ4n) is 2.38. The van der Waals surface area contributed by atoms with Crippen LogP contribution in [0.1, 0.15) is 37.3 Å². The Morgan fingerprint density at radius 1 is 1.50 bits per heavy atom. The molecule has 0 spiro atoms. The average molecular weight is 248 g/mol. The predicted molar refractivity (Wildman–Crippen MR) is 70.0 cm³/mol. The summed E-state index contributed by atoms with van der Waals surface area (Å²) in [6, 6.07) is 6.35. The SMILES string of the molecule is CC(CCc1ccc2c(c1)CCCO2)CC(=O)O. The summed E-state index contributed by atoms with van der Waals surface area (Å²) in [6.45, 7) is 2.82. The van der Waals surface area contributed by atoms with Gasteiger partial charge in [0.1, 0.15) is 5.75 Å². The highest BCUT2D eigenvalue weighted by atomic mass is 16.5. The maximum Gasteiger partial charge on any atom is 0.303 e. The lowest BCUT2D eigenvalue weighted by atomic mass is 9.96. The van der Waals surface area contributed by atoms with Gasteiger partial charge in [0.05, 0.1) is 6.61 Å². The molecule has 0 aliphatic carbocycles. The molecule has 18 heavy (non-hydrogen) atoms. The van der Waals surface area contributed by atoms with Crippen molar-refractivity contribution in [2.45, 2.75) is 39.0 Å². The average Bonchev–Trinajstić information content (AvgIpc) is 2.35. The third-order valence-corrected chi connectivity index (χ3v) is 3.42. The molecule has 1 N–H and O–H groups in total. The van der Waals surface area contributed by atoms with Gasteiger partial charge in [0, 0.05) is 6.42 Å². The van der Waals surface area contributed by atoms with Crippen LogP contribution in [0.5, 0.6) is 5.75 Å². The molecule has 1 aliphatic rings. The Bertz CT molecular complexity index is 426. The van der Waals surface area contributed by atoms with E-state index in [-0.39, 0.29) is 12.3 Å². The maximum atomic E-state index is 10.6. The first-order valence-corrected chi connectivity index (χ1v) is 6.61. The smallest absolute Gasteiger partial charge is 0.303 e. The summed E-state index contributed by atoms with van der Waals surface area (Å²) >= 11 is 0. The lowest BCUT2D eigenvalue weighted by Gasteiger charge is -2.18. The fraction of sp³-hybridized carbons (Fsp3) is 0.533. The third kappa shape index (κ3) is 3.49. The quantitative estimate of drug-likeness (QED) is 0.871. The summed E-state index contributed by atoms with van der Waals surface area (Å²) in [5.74, 6) is 0.541. The van der Waals surface area contributed by atoms with Gasteiger partial charge < -0.3 is 9.84 Å². The fourth-order valence-corrected chi connectivity index (χ4v) is 2.38. The van der Waals surface area contributed by atoms with Crippen molar-refractivity contribution in [1.82, 2.24) is 0 Å². The van der Waals surface area contributed by atoms with E-state index in [1.54, 1.807) is 0 Å². The zero-order valence-electron chi connectivity index (χ0n) is 10.8. The van der Waals surface area contributed by atoms with Crippen molar-refractivity contribution in [3.63, 3.8) is 0 Å². The number of aliphatic carboxylic acids is 1. The normalized spacial score (nSPS) is 15.6. The van der Waals surface area contributed by atoms with E-state index in [2.05, 4.69) is 12.1 Å². The van der Waals surface area contributed by atoms with Gasteiger partial charge in [0.2, 0.25) is 0 Å². The highest BCUT2D eigenvalue weighted by Gasteiger charge is 2.12. The van der Waals surface area contributed by atoms with E-state index in [9.17, 15) is 4.79 Å². The van der Waals surface area contributed by atoms with Crippen LogP contribution in [0.3, 0.4) is 0 Å². The van der Waals surface area contributed by atoms with Crippen LogP contribution in [-0.2, 0) is 17.6 Å². The van der Waals surface area contributed by atoms with Crippen LogP contribution in [0.15, 0.2) is 18.2 Å². The van der Waals surface area contributed by atoms with Gasteiger partial charge in [-0.2, -0.15) is 0 Å². The summed E-state index contributed by atoms with van der Waals surface area (Å²) < 4.78 is 5.58. The molecule has 0 fully saturated rings. The Balaban J connectivity index is 1.91. The monoisotopic (exact) mass is 248 g/mol. The van der Waals surface area contributed by atoms with Crippen LogP contribution < -0.4 is 4.74 Å². The Labute approximate surface area is 108 Å². The molecule has 98 valence electrons. The number of benzene rings is 1. The number of hydrogen-bond donors (Lipinski definition) is 1. The van der Waals surface area contributed by atoms with Crippen LogP contribution >= 0.6 is 0 Å². The second kappa shape index (κ2) is 5.89. The van der Waals surface area contributed by atoms with Gasteiger partial charge in [-0.05, 0) is 48.8 Å². The zero-order valence-corrected chi connectivity index (χ0v) is 10.8. The van der Waals surface area contributed by atoms with Crippen molar-refractivity contribution in [2.75, 3.05) is 6.61 Å². The summed E-state index contributed by atoms with van der Waals surface area (Å²) in [6.07, 6.45) is 4.31. The van der Waals surface area contributed by atoms with Gasteiger partial charge in [-0.3, -0.25) is 4.79 Å². The Morgan fingerprint density at radius 2 is 2.33 bits per heavy atom. The zero-order chi connectivity index (χ0) is 13.0. The molecule has 1 aromatic carbocycles. The summed E-state index contributed by atoms with van der Waals surface area (Å²) in [4.78, 5) is 10.6. The minimum absolute atomic E-state index is 0.231. The summed E-state index contributed by atoms with van der Waals surface area (Å²) in [5.41, 5.74) is 2.58. The maximum absolute atomic E-state index is 10.6. The van der Waals surface area contributed by atoms with Gasteiger partial charge in [-0.15, -0.1) is 0 Å². The number of hydrogen-bond acceptors (Lipinski definition) is 2. The Kier molecular flexibility index (Phi) is 4.24. The van der Waals surface area contributed by atoms with Crippen molar-refractivity contribution in [3.8, 4) is 5.75 Å². The molecule has 0 aromatic heterocycles. The van der Waals surface area contributed by atoms with Gasteiger partial charge >= 0.3 is 5.97 Å². The second-order valence-corrected chi connectivity index (χ2v) is 5.14. The van der Waals surface area contributed by atoms with Gasteiger partial charge in [0.15, 0.2) is 0 Å². The molecule has 3 heteroatoms. The van der Waals surface area contributed by atoms with Crippen molar-refractivity contribution in [3.05, 3.63) is 29.3 Å². The topological polar surface area (TPSA) is 46.5 Å². The van der Waals surface area contributed by atoms with E-state index in [0.717, 1.165) is 38.0 Å². The number of ether oxygens (including phenoxy) is 1. The molecule has 1 heterocycles. The lowest BCUT2D eigenvalue weighted by Crippen LogP contribution is -2.09. The van der Waals surface area contributed by atoms with Gasteiger partial charge in [-0.25, -0.2) is 0 Å². The van der Waals surface area contributed by atoms with E-state index in [1.165, 1.54) is 11.1 Å². The van der Waals surface area contributed by atoms with Crippen molar-refractivity contribution < 1.29 is 14.6 Å². The van der Waals surface area contributed by atoms with Crippen LogP contribution in [0.4, 0.5) is 0 Å². The predicted octanol–water partition coefficient (Wildman–Crippen LogP) is 3.06. The van der Waals surface area contributed by atoms with Crippen molar-refractivity contribution in [2.24, 2.45) is 5.92 Å². The molecule has 1 aliphatic heterocycles. The second-order valence-electron chi connectivity index (χ2n) is 5.14. The molecule has 0 saturated carbocycles. The standard InChI is InChI=1S/C15H20O3/c1-11(9-15(16)17)4-5-12-6-7-14-13(10-12)3-2-8-18-14/h6-7,10-11H,2-5,8-9H2,1H3,(H,16,17). The Hall–Kier alpha value is -1.51. The molecular formula is C15H20O3. The first-order valence-electron chi connectivity index (χ1n) is 6.61. The van der Waals surface area contributed by atoms with E-state index < -0.39 is 5.97 Å². The molecule has 1 atom stereocenters. The molecule has 0 radical (unpaired) electrons. The number of fused-ring (bicyclic) bond motifs is 1. The molecule has 0 bridgehead atoms. The summed E-state index contributed by atoms with van der Waals surface area (Å²) in [5, 5.41) is 8.72.